The molecule has 0 spiro atoms. The van der Waals surface area contributed by atoms with Gasteiger partial charge in [-0.3, -0.25) is 4.79 Å². The van der Waals surface area contributed by atoms with E-state index in [1.54, 1.807) is 11.3 Å². The first-order valence-electron chi connectivity index (χ1n) is 7.36. The molecule has 1 N–H and O–H groups in total. The fourth-order valence-electron chi connectivity index (χ4n) is 2.80. The van der Waals surface area contributed by atoms with E-state index in [0.29, 0.717) is 6.54 Å². The molecule has 0 aliphatic heterocycles. The maximum absolute atomic E-state index is 12.3. The second-order valence-electron chi connectivity index (χ2n) is 5.46. The number of fused-ring (bicyclic) bond motifs is 1. The van der Waals surface area contributed by atoms with Crippen molar-refractivity contribution < 1.29 is 4.79 Å². The van der Waals surface area contributed by atoms with Crippen molar-refractivity contribution in [2.45, 2.75) is 32.6 Å². The Balaban J connectivity index is 1.50. The lowest BCUT2D eigenvalue weighted by Crippen LogP contribution is -2.35. The van der Waals surface area contributed by atoms with E-state index in [0.717, 1.165) is 35.7 Å². The van der Waals surface area contributed by atoms with Crippen LogP contribution in [-0.4, -0.2) is 22.6 Å². The first-order chi connectivity index (χ1) is 10.2. The zero-order valence-electron chi connectivity index (χ0n) is 12.1. The Hall–Kier alpha value is -1.75. The summed E-state index contributed by atoms with van der Waals surface area (Å²) in [5.74, 6) is 0.279. The van der Waals surface area contributed by atoms with Gasteiger partial charge in [-0.25, -0.2) is 0 Å². The first kappa shape index (κ1) is 14.2. The predicted octanol–water partition coefficient (Wildman–Crippen LogP) is 2.31. The Kier molecular flexibility index (Phi) is 4.29. The molecule has 1 atom stereocenters. The van der Waals surface area contributed by atoms with Crippen LogP contribution in [0.3, 0.4) is 0 Å². The van der Waals surface area contributed by atoms with Crippen molar-refractivity contribution in [3.63, 3.8) is 0 Å². The zero-order chi connectivity index (χ0) is 14.7. The molecule has 0 radical (unpaired) electrons. The van der Waals surface area contributed by atoms with Crippen LogP contribution < -0.4 is 5.32 Å². The van der Waals surface area contributed by atoms with Crippen molar-refractivity contribution in [2.75, 3.05) is 6.54 Å². The molecule has 1 amide bonds. The molecule has 3 rings (SSSR count). The van der Waals surface area contributed by atoms with Gasteiger partial charge in [0.05, 0.1) is 0 Å². The third-order valence-electron chi connectivity index (χ3n) is 3.92. The normalized spacial score (nSPS) is 17.3. The number of nitrogens with zero attached hydrogens (tertiary/aromatic N) is 2. The molecule has 1 aliphatic rings. The summed E-state index contributed by atoms with van der Waals surface area (Å²) in [6, 6.07) is 8.43. The first-order valence-corrected chi connectivity index (χ1v) is 8.17. The molecular weight excluding hydrogens is 282 g/mol. The largest absolute Gasteiger partial charge is 0.355 e. The molecule has 5 heteroatoms. The molecule has 0 unspecified atom stereocenters. The minimum Gasteiger partial charge on any atom is -0.355 e. The monoisotopic (exact) mass is 301 g/mol. The average Bonchev–Trinajstić information content (AvgIpc) is 2.92. The molecule has 0 saturated heterocycles. The predicted molar refractivity (Wildman–Crippen MR) is 83.3 cm³/mol. The molecule has 21 heavy (non-hydrogen) atoms. The summed E-state index contributed by atoms with van der Waals surface area (Å²) in [5, 5.41) is 13.1. The van der Waals surface area contributed by atoms with E-state index < -0.39 is 0 Å². The van der Waals surface area contributed by atoms with Crippen LogP contribution >= 0.6 is 11.3 Å². The number of carbonyl (C=O) groups excluding carboxylic acids is 1. The zero-order valence-corrected chi connectivity index (χ0v) is 12.9. The maximum atomic E-state index is 12.3. The smallest absolute Gasteiger partial charge is 0.223 e. The number of aromatic nitrogens is 2. The van der Waals surface area contributed by atoms with Crippen LogP contribution in [0, 0.1) is 12.8 Å². The van der Waals surface area contributed by atoms with Crippen molar-refractivity contribution >= 4 is 17.2 Å². The maximum Gasteiger partial charge on any atom is 0.223 e. The van der Waals surface area contributed by atoms with E-state index >= 15 is 0 Å². The van der Waals surface area contributed by atoms with Crippen LogP contribution in [0.5, 0.6) is 0 Å². The summed E-state index contributed by atoms with van der Waals surface area (Å²) < 4.78 is 0. The van der Waals surface area contributed by atoms with Gasteiger partial charge in [0.1, 0.15) is 10.0 Å². The lowest BCUT2D eigenvalue weighted by atomic mass is 9.83. The average molecular weight is 301 g/mol. The van der Waals surface area contributed by atoms with Crippen LogP contribution in [-0.2, 0) is 24.1 Å². The van der Waals surface area contributed by atoms with E-state index in [2.05, 4.69) is 39.8 Å². The van der Waals surface area contributed by atoms with Gasteiger partial charge in [0, 0.05) is 18.9 Å². The lowest BCUT2D eigenvalue weighted by molar-refractivity contribution is -0.125. The Morgan fingerprint density at radius 3 is 2.90 bits per heavy atom. The van der Waals surface area contributed by atoms with Gasteiger partial charge in [-0.15, -0.1) is 21.5 Å². The molecule has 1 aromatic carbocycles. The third-order valence-corrected chi connectivity index (χ3v) is 4.82. The van der Waals surface area contributed by atoms with Crippen LogP contribution in [0.25, 0.3) is 0 Å². The highest BCUT2D eigenvalue weighted by Crippen LogP contribution is 2.25. The molecule has 2 aromatic rings. The van der Waals surface area contributed by atoms with Gasteiger partial charge in [0.15, 0.2) is 0 Å². The van der Waals surface area contributed by atoms with Crippen LogP contribution in [0.4, 0.5) is 0 Å². The number of hydrogen-bond acceptors (Lipinski definition) is 4. The molecular formula is C16H19N3OS. The van der Waals surface area contributed by atoms with Gasteiger partial charge in [-0.2, -0.15) is 0 Å². The minimum atomic E-state index is 0.107. The van der Waals surface area contributed by atoms with Crippen LogP contribution in [0.2, 0.25) is 0 Å². The summed E-state index contributed by atoms with van der Waals surface area (Å²) in [6.45, 7) is 2.59. The number of amides is 1. The molecule has 0 fully saturated rings. The Morgan fingerprint density at radius 2 is 2.14 bits per heavy atom. The lowest BCUT2D eigenvalue weighted by Gasteiger charge is -2.23. The fraction of sp³-hybridized carbons (Fsp3) is 0.438. The van der Waals surface area contributed by atoms with Crippen LogP contribution in [0.1, 0.15) is 27.6 Å². The molecule has 110 valence electrons. The van der Waals surface area contributed by atoms with Crippen molar-refractivity contribution in [3.05, 3.63) is 45.4 Å². The standard InChI is InChI=1S/C16H19N3OS/c1-11-18-19-15(21-11)8-9-17-16(20)14-7-6-12-4-2-3-5-13(12)10-14/h2-5,14H,6-10H2,1H3,(H,17,20)/t14-/m0/s1. The number of benzene rings is 1. The highest BCUT2D eigenvalue weighted by atomic mass is 32.1. The summed E-state index contributed by atoms with van der Waals surface area (Å²) >= 11 is 1.59. The molecule has 1 aromatic heterocycles. The van der Waals surface area contributed by atoms with E-state index in [4.69, 9.17) is 0 Å². The highest BCUT2D eigenvalue weighted by molar-refractivity contribution is 7.11. The van der Waals surface area contributed by atoms with E-state index in [1.807, 2.05) is 6.92 Å². The van der Waals surface area contributed by atoms with Crippen molar-refractivity contribution in [1.82, 2.24) is 15.5 Å². The quantitative estimate of drug-likeness (QED) is 0.943. The summed E-state index contributed by atoms with van der Waals surface area (Å²) in [5.41, 5.74) is 2.72. The van der Waals surface area contributed by atoms with Gasteiger partial charge in [-0.05, 0) is 37.3 Å². The summed E-state index contributed by atoms with van der Waals surface area (Å²) in [4.78, 5) is 12.3. The van der Waals surface area contributed by atoms with Crippen molar-refractivity contribution in [1.29, 1.82) is 0 Å². The molecule has 0 saturated carbocycles. The fourth-order valence-corrected chi connectivity index (χ4v) is 3.51. The second-order valence-corrected chi connectivity index (χ2v) is 6.73. The summed E-state index contributed by atoms with van der Waals surface area (Å²) in [7, 11) is 0. The SMILES string of the molecule is Cc1nnc(CCNC(=O)[C@H]2CCc3ccccc3C2)s1. The summed E-state index contributed by atoms with van der Waals surface area (Å²) in [6.07, 6.45) is 3.57. The number of hydrogen-bond donors (Lipinski definition) is 1. The Morgan fingerprint density at radius 1 is 1.33 bits per heavy atom. The Bertz CT molecular complexity index is 638. The van der Waals surface area contributed by atoms with Crippen molar-refractivity contribution in [2.24, 2.45) is 5.92 Å². The number of nitrogens with one attached hydrogen (secondary N) is 1. The van der Waals surface area contributed by atoms with Crippen LogP contribution in [0.15, 0.2) is 24.3 Å². The van der Waals surface area contributed by atoms with E-state index in [9.17, 15) is 4.79 Å². The highest BCUT2D eigenvalue weighted by Gasteiger charge is 2.24. The van der Waals surface area contributed by atoms with E-state index in [1.165, 1.54) is 11.1 Å². The molecule has 1 heterocycles. The van der Waals surface area contributed by atoms with Gasteiger partial charge >= 0.3 is 0 Å². The Labute approximate surface area is 128 Å². The molecule has 0 bridgehead atoms. The molecule has 4 nitrogen and oxygen atoms in total. The topological polar surface area (TPSA) is 54.9 Å². The number of aryl methyl sites for hydroxylation is 2. The third kappa shape index (κ3) is 3.47. The number of carbonyl (C=O) groups is 1. The van der Waals surface area contributed by atoms with Gasteiger partial charge < -0.3 is 5.32 Å². The van der Waals surface area contributed by atoms with Gasteiger partial charge in [0.2, 0.25) is 5.91 Å². The van der Waals surface area contributed by atoms with Gasteiger partial charge in [-0.1, -0.05) is 24.3 Å². The number of rotatable bonds is 4. The molecule has 1 aliphatic carbocycles. The van der Waals surface area contributed by atoms with Gasteiger partial charge in [0.25, 0.3) is 0 Å². The second kappa shape index (κ2) is 6.35. The van der Waals surface area contributed by atoms with E-state index in [-0.39, 0.29) is 11.8 Å². The van der Waals surface area contributed by atoms with Crippen molar-refractivity contribution in [3.8, 4) is 0 Å². The minimum absolute atomic E-state index is 0.107.